The molecule has 9 nitrogen and oxygen atoms in total. The quantitative estimate of drug-likeness (QED) is 0.518. The van der Waals surface area contributed by atoms with Gasteiger partial charge in [0.1, 0.15) is 27.8 Å². The number of hydrogen-bond donors (Lipinski definition) is 1. The number of fused-ring (bicyclic) bond motifs is 1. The van der Waals surface area contributed by atoms with E-state index in [1.54, 1.807) is 31.2 Å². The molecule has 0 saturated carbocycles. The number of aliphatic hydroxyl groups is 1. The number of ketones is 2. The predicted molar refractivity (Wildman–Crippen MR) is 133 cm³/mol. The van der Waals surface area contributed by atoms with Gasteiger partial charge in [-0.1, -0.05) is 30.7 Å². The number of allylic oxidation sites excluding steroid dienone is 1. The Morgan fingerprint density at radius 1 is 1.11 bits per heavy atom. The van der Waals surface area contributed by atoms with E-state index < -0.39 is 40.7 Å². The molecule has 1 aliphatic heterocycles. The van der Waals surface area contributed by atoms with Gasteiger partial charge in [-0.15, -0.1) is 0 Å². The minimum Gasteiger partial charge on any atom is -0.507 e. The van der Waals surface area contributed by atoms with Gasteiger partial charge < -0.3 is 28.8 Å². The summed E-state index contributed by atoms with van der Waals surface area (Å²) in [5, 5.41) is 11.8. The first-order chi connectivity index (χ1) is 17.6. The Bertz CT molecular complexity index is 1300. The van der Waals surface area contributed by atoms with Crippen LogP contribution in [-0.4, -0.2) is 56.7 Å². The van der Waals surface area contributed by atoms with Gasteiger partial charge in [0.05, 0.1) is 34.9 Å². The highest BCUT2D eigenvalue weighted by Gasteiger charge is 2.61. The highest BCUT2D eigenvalue weighted by atomic mass is 35.5. The van der Waals surface area contributed by atoms with E-state index in [1.807, 2.05) is 0 Å². The maximum Gasteiger partial charge on any atom is 0.306 e. The van der Waals surface area contributed by atoms with Crippen molar-refractivity contribution < 1.29 is 43.2 Å². The summed E-state index contributed by atoms with van der Waals surface area (Å²) < 4.78 is 27.0. The monoisotopic (exact) mass is 530 g/mol. The van der Waals surface area contributed by atoms with Crippen LogP contribution in [-0.2, 0) is 14.3 Å². The normalized spacial score (nSPS) is 21.4. The zero-order valence-electron chi connectivity index (χ0n) is 21.0. The lowest BCUT2D eigenvalue weighted by Crippen LogP contribution is -2.53. The van der Waals surface area contributed by atoms with E-state index >= 15 is 0 Å². The third-order valence-corrected chi connectivity index (χ3v) is 7.33. The molecule has 10 heteroatoms. The summed E-state index contributed by atoms with van der Waals surface area (Å²) in [5.41, 5.74) is -1.47. The molecule has 0 saturated heterocycles. The van der Waals surface area contributed by atoms with Crippen molar-refractivity contribution in [2.45, 2.75) is 31.3 Å². The van der Waals surface area contributed by atoms with E-state index in [0.29, 0.717) is 11.3 Å². The molecule has 196 valence electrons. The molecule has 37 heavy (non-hydrogen) atoms. The number of hydrogen-bond acceptors (Lipinski definition) is 9. The Balaban J connectivity index is 1.94. The van der Waals surface area contributed by atoms with E-state index in [1.165, 1.54) is 34.5 Å². The Kier molecular flexibility index (Phi) is 7.10. The fourth-order valence-corrected chi connectivity index (χ4v) is 5.28. The number of rotatable bonds is 7. The first-order valence-electron chi connectivity index (χ1n) is 11.5. The minimum atomic E-state index is -1.95. The predicted octanol–water partition coefficient (Wildman–Crippen LogP) is 4.45. The fraction of sp³-hybridized carbons (Fsp3) is 0.370. The number of methoxy groups -OCH3 is 4. The third kappa shape index (κ3) is 4.07. The Labute approximate surface area is 218 Å². The Hall–Kier alpha value is -3.72. The summed E-state index contributed by atoms with van der Waals surface area (Å²) in [4.78, 5) is 39.8. The van der Waals surface area contributed by atoms with Crippen molar-refractivity contribution in [3.63, 3.8) is 0 Å². The number of ether oxygens (including phenoxy) is 5. The third-order valence-electron chi connectivity index (χ3n) is 6.98. The van der Waals surface area contributed by atoms with Crippen molar-refractivity contribution in [3.8, 4) is 23.0 Å². The summed E-state index contributed by atoms with van der Waals surface area (Å²) >= 11 is 6.49. The maximum absolute atomic E-state index is 14.0. The molecule has 2 aliphatic rings. The van der Waals surface area contributed by atoms with Crippen molar-refractivity contribution in [3.05, 3.63) is 57.8 Å². The van der Waals surface area contributed by atoms with Crippen LogP contribution in [0.5, 0.6) is 23.0 Å². The first-order valence-corrected chi connectivity index (χ1v) is 11.9. The summed E-state index contributed by atoms with van der Waals surface area (Å²) in [6.45, 7) is 1.63. The van der Waals surface area contributed by atoms with E-state index in [2.05, 4.69) is 0 Å². The summed E-state index contributed by atoms with van der Waals surface area (Å²) in [5.74, 6) is -2.94. The topological polar surface area (TPSA) is 118 Å². The van der Waals surface area contributed by atoms with Gasteiger partial charge >= 0.3 is 5.97 Å². The molecule has 1 heterocycles. The summed E-state index contributed by atoms with van der Waals surface area (Å²) in [6, 6.07) is 8.17. The highest BCUT2D eigenvalue weighted by molar-refractivity contribution is 6.35. The SMILES string of the molecule is COC(=O)CC(C1=C(O)[C@@]2(Oc3c(Cl)c(OC)cc(OC)c3C2=O)[C@H](C)CC1=O)c1ccc(OC)cc1. The standard InChI is InChI=1S/C27H27ClO9/c1-13-10-17(29)21(16(11-20(30)36-5)14-6-8-15(33-2)9-7-14)25(31)27(13)26(32)22-18(34-3)12-19(35-4)23(28)24(22)37-27/h6-9,12-13,16,31H,10-11H2,1-5H3/t13-,16?,27+/m1/s1. The summed E-state index contributed by atoms with van der Waals surface area (Å²) in [7, 11) is 5.53. The second-order valence-electron chi connectivity index (χ2n) is 8.86. The summed E-state index contributed by atoms with van der Waals surface area (Å²) in [6.07, 6.45) is -0.374. The number of esters is 1. The van der Waals surface area contributed by atoms with Crippen molar-refractivity contribution in [1.29, 1.82) is 0 Å². The Morgan fingerprint density at radius 2 is 1.76 bits per heavy atom. The van der Waals surface area contributed by atoms with Crippen molar-refractivity contribution in [1.82, 2.24) is 0 Å². The zero-order valence-corrected chi connectivity index (χ0v) is 21.8. The van der Waals surface area contributed by atoms with Gasteiger partial charge in [0.2, 0.25) is 11.4 Å². The average molecular weight is 531 g/mol. The van der Waals surface area contributed by atoms with Crippen LogP contribution in [0.1, 0.15) is 41.6 Å². The number of carbonyl (C=O) groups excluding carboxylic acids is 3. The number of carbonyl (C=O) groups is 3. The van der Waals surface area contributed by atoms with E-state index in [-0.39, 0.29) is 46.2 Å². The smallest absolute Gasteiger partial charge is 0.306 e. The lowest BCUT2D eigenvalue weighted by atomic mass is 9.69. The molecular formula is C27H27ClO9. The molecule has 4 rings (SSSR count). The molecule has 1 spiro atoms. The molecule has 2 aromatic carbocycles. The van der Waals surface area contributed by atoms with Crippen LogP contribution in [0.4, 0.5) is 0 Å². The van der Waals surface area contributed by atoms with Crippen molar-refractivity contribution in [2.24, 2.45) is 5.92 Å². The molecule has 0 fully saturated rings. The van der Waals surface area contributed by atoms with Crippen LogP contribution in [0.25, 0.3) is 0 Å². The number of aliphatic hydroxyl groups excluding tert-OH is 1. The average Bonchev–Trinajstić information content (AvgIpc) is 3.22. The molecule has 2 aromatic rings. The van der Waals surface area contributed by atoms with Crippen LogP contribution in [0.15, 0.2) is 41.7 Å². The fourth-order valence-electron chi connectivity index (χ4n) is 5.01. The molecule has 0 radical (unpaired) electrons. The lowest BCUT2D eigenvalue weighted by Gasteiger charge is -2.38. The maximum atomic E-state index is 14.0. The van der Waals surface area contributed by atoms with Crippen LogP contribution in [0.3, 0.4) is 0 Å². The lowest BCUT2D eigenvalue weighted by molar-refractivity contribution is -0.140. The van der Waals surface area contributed by atoms with Gasteiger partial charge in [0.15, 0.2) is 17.3 Å². The Morgan fingerprint density at radius 3 is 2.32 bits per heavy atom. The van der Waals surface area contributed by atoms with Gasteiger partial charge in [0, 0.05) is 29.9 Å². The molecular weight excluding hydrogens is 504 g/mol. The van der Waals surface area contributed by atoms with Gasteiger partial charge in [-0.3, -0.25) is 14.4 Å². The zero-order chi connectivity index (χ0) is 27.1. The molecule has 0 bridgehead atoms. The van der Waals surface area contributed by atoms with Gasteiger partial charge in [0.25, 0.3) is 0 Å². The van der Waals surface area contributed by atoms with Crippen molar-refractivity contribution >= 4 is 29.1 Å². The van der Waals surface area contributed by atoms with Crippen LogP contribution in [0, 0.1) is 5.92 Å². The molecule has 1 N–H and O–H groups in total. The number of halogens is 1. The second-order valence-corrected chi connectivity index (χ2v) is 9.24. The van der Waals surface area contributed by atoms with Crippen LogP contribution in [0.2, 0.25) is 5.02 Å². The molecule has 1 unspecified atom stereocenters. The minimum absolute atomic E-state index is 0.0102. The highest BCUT2D eigenvalue weighted by Crippen LogP contribution is 2.55. The van der Waals surface area contributed by atoms with Crippen LogP contribution >= 0.6 is 11.6 Å². The van der Waals surface area contributed by atoms with Gasteiger partial charge in [-0.25, -0.2) is 0 Å². The number of Topliss-reactive ketones (excluding diaryl/α,β-unsaturated/α-hetero) is 2. The molecule has 1 aliphatic carbocycles. The molecule has 0 aromatic heterocycles. The second kappa shape index (κ2) is 9.97. The molecule has 0 amide bonds. The van der Waals surface area contributed by atoms with E-state index in [4.69, 9.17) is 35.3 Å². The van der Waals surface area contributed by atoms with Gasteiger partial charge in [-0.2, -0.15) is 0 Å². The van der Waals surface area contributed by atoms with E-state index in [0.717, 1.165) is 0 Å². The van der Waals surface area contributed by atoms with Crippen molar-refractivity contribution in [2.75, 3.05) is 28.4 Å². The number of benzene rings is 2. The first kappa shape index (κ1) is 26.3. The largest absolute Gasteiger partial charge is 0.507 e. The van der Waals surface area contributed by atoms with E-state index in [9.17, 15) is 19.5 Å². The van der Waals surface area contributed by atoms with Gasteiger partial charge in [-0.05, 0) is 17.7 Å². The molecule has 3 atom stereocenters. The van der Waals surface area contributed by atoms with Crippen LogP contribution < -0.4 is 18.9 Å².